The van der Waals surface area contributed by atoms with Gasteiger partial charge in [0.2, 0.25) is 5.79 Å². The monoisotopic (exact) mass is 516 g/mol. The van der Waals surface area contributed by atoms with Gasteiger partial charge in [0, 0.05) is 18.3 Å². The largest absolute Gasteiger partial charge is 0.481 e. The van der Waals surface area contributed by atoms with E-state index in [0.29, 0.717) is 38.3 Å². The van der Waals surface area contributed by atoms with Gasteiger partial charge in [-0.3, -0.25) is 9.59 Å². The van der Waals surface area contributed by atoms with Crippen LogP contribution in [0.3, 0.4) is 0 Å². The summed E-state index contributed by atoms with van der Waals surface area (Å²) in [5, 5.41) is 8.53. The van der Waals surface area contributed by atoms with Crippen LogP contribution in [0.2, 0.25) is 0 Å². The fourth-order valence-corrected chi connectivity index (χ4v) is 6.10. The lowest BCUT2D eigenvalue weighted by Gasteiger charge is -2.60. The molecule has 5 rings (SSSR count). The van der Waals surface area contributed by atoms with E-state index >= 15 is 0 Å². The molecule has 11 heteroatoms. The van der Waals surface area contributed by atoms with Gasteiger partial charge >= 0.3 is 11.9 Å². The lowest BCUT2D eigenvalue weighted by molar-refractivity contribution is -0.577. The van der Waals surface area contributed by atoms with Gasteiger partial charge in [-0.2, -0.15) is 0 Å². The molecule has 0 aromatic heterocycles. The molecule has 0 radical (unpaired) electrons. The van der Waals surface area contributed by atoms with Crippen LogP contribution in [-0.4, -0.2) is 80.7 Å². The van der Waals surface area contributed by atoms with Crippen LogP contribution in [0.15, 0.2) is 0 Å². The molecule has 0 aromatic carbocycles. The molecular weight excluding hydrogens is 476 g/mol. The minimum Gasteiger partial charge on any atom is -0.481 e. The summed E-state index contributed by atoms with van der Waals surface area (Å²) < 4.78 is 34.6. The van der Waals surface area contributed by atoms with Gasteiger partial charge in [0.1, 0.15) is 6.61 Å². The van der Waals surface area contributed by atoms with E-state index in [1.165, 1.54) is 0 Å². The summed E-state index contributed by atoms with van der Waals surface area (Å²) in [5.74, 6) is -1.20. The highest BCUT2D eigenvalue weighted by atomic mass is 17.3. The zero-order valence-electron chi connectivity index (χ0n) is 21.5. The van der Waals surface area contributed by atoms with Crippen molar-refractivity contribution in [2.45, 2.75) is 83.3 Å². The molecule has 0 unspecified atom stereocenters. The Bertz CT molecular complexity index is 762. The van der Waals surface area contributed by atoms with Crippen molar-refractivity contribution >= 4 is 11.9 Å². The summed E-state index contributed by atoms with van der Waals surface area (Å²) in [4.78, 5) is 33.7. The Hall–Kier alpha value is -1.34. The maximum absolute atomic E-state index is 11.3. The quantitative estimate of drug-likeness (QED) is 0.220. The minimum atomic E-state index is -1.03. The Balaban J connectivity index is 1.14. The lowest BCUT2D eigenvalue weighted by atomic mass is 9.58. The zero-order chi connectivity index (χ0) is 25.8. The number of carboxylic acids is 1. The number of ether oxygens (including phenoxy) is 6. The standard InChI is InChI=1S/C25H40O11/c1-16-4-5-19-17(2)22(33-23-25(19)18(16)8-9-24(3,34-23)35-36-25)32-15-13-30-11-10-29-12-14-31-21(28)7-6-20(26)27/h16-19,22-23H,4-15H2,1-3H3,(H,26,27)/t16-,17-,18+,19+,22+,23-,24-,25-/m1/s1. The molecule has 8 atom stereocenters. The number of carbonyl (C=O) groups excluding carboxylic acids is 1. The van der Waals surface area contributed by atoms with Crippen molar-refractivity contribution in [2.24, 2.45) is 23.7 Å². The predicted octanol–water partition coefficient (Wildman–Crippen LogP) is 2.65. The fourth-order valence-electron chi connectivity index (χ4n) is 6.10. The normalized spacial score (nSPS) is 39.3. The number of fused-ring (bicyclic) bond motifs is 2. The molecule has 5 aliphatic rings. The molecule has 206 valence electrons. The Labute approximate surface area is 211 Å². The molecule has 0 aromatic rings. The van der Waals surface area contributed by atoms with Crippen LogP contribution >= 0.6 is 0 Å². The van der Waals surface area contributed by atoms with E-state index in [0.717, 1.165) is 25.7 Å². The van der Waals surface area contributed by atoms with E-state index in [4.69, 9.17) is 43.3 Å². The Kier molecular flexibility index (Phi) is 9.24. The first-order chi connectivity index (χ1) is 17.2. The second-order valence-corrected chi connectivity index (χ2v) is 10.5. The molecule has 1 N–H and O–H groups in total. The first kappa shape index (κ1) is 27.7. The van der Waals surface area contributed by atoms with Crippen LogP contribution in [0.25, 0.3) is 0 Å². The average molecular weight is 517 g/mol. The van der Waals surface area contributed by atoms with E-state index in [1.807, 2.05) is 6.92 Å². The molecule has 36 heavy (non-hydrogen) atoms. The van der Waals surface area contributed by atoms with Gasteiger partial charge in [-0.25, -0.2) is 9.78 Å². The second kappa shape index (κ2) is 12.0. The number of rotatable bonds is 13. The van der Waals surface area contributed by atoms with Crippen LogP contribution in [0, 0.1) is 23.7 Å². The zero-order valence-corrected chi connectivity index (χ0v) is 21.5. The molecule has 1 aliphatic carbocycles. The fraction of sp³-hybridized carbons (Fsp3) is 0.920. The number of aliphatic carboxylic acids is 1. The molecule has 4 aliphatic heterocycles. The Morgan fingerprint density at radius 3 is 2.39 bits per heavy atom. The SMILES string of the molecule is C[C@H]1[C@@H](OCCOCCOCCOC(=O)CCC(=O)O)O[C@@H]2O[C@@]3(C)CC[C@H]4[C@H](C)CC[C@@H]1[C@@]24OO3. The van der Waals surface area contributed by atoms with E-state index < -0.39 is 35.9 Å². The molecule has 4 saturated heterocycles. The van der Waals surface area contributed by atoms with Gasteiger partial charge in [0.25, 0.3) is 0 Å². The van der Waals surface area contributed by atoms with Crippen LogP contribution < -0.4 is 0 Å². The summed E-state index contributed by atoms with van der Waals surface area (Å²) in [6.07, 6.45) is 2.62. The van der Waals surface area contributed by atoms with E-state index in [9.17, 15) is 9.59 Å². The summed E-state index contributed by atoms with van der Waals surface area (Å²) in [6, 6.07) is 0. The van der Waals surface area contributed by atoms with Crippen molar-refractivity contribution in [2.75, 3.05) is 39.6 Å². The van der Waals surface area contributed by atoms with Crippen molar-refractivity contribution in [1.29, 1.82) is 0 Å². The third-order valence-corrected chi connectivity index (χ3v) is 8.01. The number of esters is 1. The minimum absolute atomic E-state index is 0.0812. The topological polar surface area (TPSA) is 128 Å². The van der Waals surface area contributed by atoms with E-state index in [1.54, 1.807) is 0 Å². The highest BCUT2D eigenvalue weighted by molar-refractivity contribution is 5.76. The maximum atomic E-state index is 11.3. The van der Waals surface area contributed by atoms with Gasteiger partial charge in [-0.15, -0.1) is 0 Å². The van der Waals surface area contributed by atoms with Crippen molar-refractivity contribution < 1.29 is 52.9 Å². The third-order valence-electron chi connectivity index (χ3n) is 8.01. The van der Waals surface area contributed by atoms with E-state index in [2.05, 4.69) is 13.8 Å². The van der Waals surface area contributed by atoms with Crippen molar-refractivity contribution in [1.82, 2.24) is 0 Å². The van der Waals surface area contributed by atoms with Crippen molar-refractivity contribution in [3.8, 4) is 0 Å². The van der Waals surface area contributed by atoms with E-state index in [-0.39, 0.29) is 37.9 Å². The smallest absolute Gasteiger partial charge is 0.306 e. The predicted molar refractivity (Wildman–Crippen MR) is 122 cm³/mol. The van der Waals surface area contributed by atoms with Gasteiger partial charge in [0.15, 0.2) is 18.2 Å². The van der Waals surface area contributed by atoms with Crippen LogP contribution in [0.1, 0.15) is 59.3 Å². The molecule has 4 heterocycles. The van der Waals surface area contributed by atoms with Crippen molar-refractivity contribution in [3.63, 3.8) is 0 Å². The second-order valence-electron chi connectivity index (χ2n) is 10.5. The summed E-state index contributed by atoms with van der Waals surface area (Å²) in [7, 11) is 0. The molecule has 1 spiro atoms. The summed E-state index contributed by atoms with van der Waals surface area (Å²) >= 11 is 0. The number of hydrogen-bond donors (Lipinski definition) is 1. The highest BCUT2D eigenvalue weighted by Gasteiger charge is 2.69. The molecule has 1 saturated carbocycles. The maximum Gasteiger partial charge on any atom is 0.306 e. The van der Waals surface area contributed by atoms with Crippen molar-refractivity contribution in [3.05, 3.63) is 0 Å². The number of hydrogen-bond acceptors (Lipinski definition) is 10. The molecule has 11 nitrogen and oxygen atoms in total. The number of carbonyl (C=O) groups is 2. The Morgan fingerprint density at radius 2 is 1.64 bits per heavy atom. The third kappa shape index (κ3) is 6.03. The van der Waals surface area contributed by atoms with Gasteiger partial charge in [-0.05, 0) is 38.0 Å². The lowest BCUT2D eigenvalue weighted by Crippen LogP contribution is -2.70. The summed E-state index contributed by atoms with van der Waals surface area (Å²) in [5.41, 5.74) is -0.592. The molecular formula is C25H40O11. The number of carboxylic acid groups (broad SMARTS) is 1. The average Bonchev–Trinajstić information content (AvgIpc) is 3.07. The van der Waals surface area contributed by atoms with Gasteiger partial charge < -0.3 is 33.5 Å². The first-order valence-electron chi connectivity index (χ1n) is 13.1. The van der Waals surface area contributed by atoms with Crippen LogP contribution in [0.4, 0.5) is 0 Å². The summed E-state index contributed by atoms with van der Waals surface area (Å²) in [6.45, 7) is 8.14. The van der Waals surface area contributed by atoms with Crippen LogP contribution in [0.5, 0.6) is 0 Å². The molecule has 0 amide bonds. The Morgan fingerprint density at radius 1 is 0.917 bits per heavy atom. The highest BCUT2D eigenvalue weighted by Crippen LogP contribution is 2.60. The van der Waals surface area contributed by atoms with Gasteiger partial charge in [-0.1, -0.05) is 13.8 Å². The van der Waals surface area contributed by atoms with Gasteiger partial charge in [0.05, 0.1) is 45.9 Å². The molecule has 5 fully saturated rings. The van der Waals surface area contributed by atoms with Crippen LogP contribution in [-0.2, 0) is 47.8 Å². The molecule has 2 bridgehead atoms. The first-order valence-corrected chi connectivity index (χ1v) is 13.1.